The predicted octanol–water partition coefficient (Wildman–Crippen LogP) is 8.55. The summed E-state index contributed by atoms with van der Waals surface area (Å²) < 4.78 is 0. The highest BCUT2D eigenvalue weighted by Gasteiger charge is 2.18. The Labute approximate surface area is 219 Å². The number of nitrogens with one attached hydrogen (secondary N) is 2. The summed E-state index contributed by atoms with van der Waals surface area (Å²) in [6, 6.07) is 24.0. The number of nitro groups is 1. The van der Waals surface area contributed by atoms with Crippen molar-refractivity contribution in [2.45, 2.75) is 0 Å². The minimum Gasteiger partial charge on any atom is -0.398 e. The molecule has 4 N–H and O–H groups in total. The quantitative estimate of drug-likeness (QED) is 0.110. The van der Waals surface area contributed by atoms with Crippen molar-refractivity contribution in [1.82, 2.24) is 0 Å². The number of hydrogen-bond acceptors (Lipinski definition) is 5. The van der Waals surface area contributed by atoms with Gasteiger partial charge in [0.2, 0.25) is 5.69 Å². The third-order valence-corrected chi connectivity index (χ3v) is 5.02. The Hall–Kier alpha value is -6.36. The first-order valence-electron chi connectivity index (χ1n) is 10.8. The summed E-state index contributed by atoms with van der Waals surface area (Å²) in [4.78, 5) is 23.4. The third-order valence-electron chi connectivity index (χ3n) is 5.02. The van der Waals surface area contributed by atoms with Crippen molar-refractivity contribution in [1.29, 1.82) is 0 Å². The zero-order chi connectivity index (χ0) is 27.5. The number of anilines is 5. The van der Waals surface area contributed by atoms with Gasteiger partial charge in [0, 0.05) is 28.8 Å². The molecule has 0 fully saturated rings. The first kappa shape index (κ1) is 26.2. The number of nitro benzene ring substituents is 1. The van der Waals surface area contributed by atoms with Crippen molar-refractivity contribution in [3.8, 4) is 0 Å². The molecule has 0 amide bonds. The molecule has 0 aliphatic rings. The second-order valence-corrected chi connectivity index (χ2v) is 7.47. The SMILES string of the molecule is [C-]#[N+]c1cc(N)c(Nc2ccccc2)cc1[N+]#[C-].[C-]#[N+]c1cc(Nc2ccccc2)c([N+](=O)[O-])cc1[N+]#[C-]. The number of nitrogens with zero attached hydrogens (tertiary/aromatic N) is 5. The molecule has 0 heterocycles. The molecule has 0 bridgehead atoms. The summed E-state index contributed by atoms with van der Waals surface area (Å²) in [5.74, 6) is 0. The highest BCUT2D eigenvalue weighted by atomic mass is 16.6. The minimum absolute atomic E-state index is 0.0229. The molecule has 10 nitrogen and oxygen atoms in total. The summed E-state index contributed by atoms with van der Waals surface area (Å²) >= 11 is 0. The molecule has 0 unspecified atom stereocenters. The number of nitrogen functional groups attached to an aromatic ring is 1. The Morgan fingerprint density at radius 1 is 0.632 bits per heavy atom. The Kier molecular flexibility index (Phi) is 8.55. The van der Waals surface area contributed by atoms with Gasteiger partial charge in [-0.05, 0) is 42.5 Å². The molecule has 10 heteroatoms. The molecule has 4 aromatic carbocycles. The fourth-order valence-corrected chi connectivity index (χ4v) is 3.23. The monoisotopic (exact) mass is 498 g/mol. The number of benzene rings is 4. The van der Waals surface area contributed by atoms with Crippen molar-refractivity contribution in [2.75, 3.05) is 16.4 Å². The Morgan fingerprint density at radius 2 is 1.03 bits per heavy atom. The van der Waals surface area contributed by atoms with E-state index in [1.54, 1.807) is 30.3 Å². The fourth-order valence-electron chi connectivity index (χ4n) is 3.23. The van der Waals surface area contributed by atoms with Crippen molar-refractivity contribution >= 4 is 56.9 Å². The number of para-hydroxylation sites is 2. The van der Waals surface area contributed by atoms with E-state index in [9.17, 15) is 10.1 Å². The van der Waals surface area contributed by atoms with E-state index in [2.05, 4.69) is 30.0 Å². The largest absolute Gasteiger partial charge is 0.398 e. The van der Waals surface area contributed by atoms with Crippen molar-refractivity contribution in [2.24, 2.45) is 0 Å². The van der Waals surface area contributed by atoms with Gasteiger partial charge in [-0.1, -0.05) is 36.4 Å². The number of rotatable bonds is 5. The van der Waals surface area contributed by atoms with Gasteiger partial charge in [0.15, 0.2) is 17.1 Å². The first-order chi connectivity index (χ1) is 18.4. The van der Waals surface area contributed by atoms with Crippen LogP contribution in [-0.4, -0.2) is 4.92 Å². The lowest BCUT2D eigenvalue weighted by Gasteiger charge is -2.10. The molecule has 0 saturated carbocycles. The van der Waals surface area contributed by atoms with E-state index < -0.39 is 4.92 Å². The second kappa shape index (κ2) is 12.4. The fraction of sp³-hybridized carbons (Fsp3) is 0. The zero-order valence-electron chi connectivity index (χ0n) is 19.7. The van der Waals surface area contributed by atoms with Gasteiger partial charge in [0.25, 0.3) is 5.69 Å². The van der Waals surface area contributed by atoms with Crippen LogP contribution in [0.5, 0.6) is 0 Å². The van der Waals surface area contributed by atoms with Crippen LogP contribution in [0.15, 0.2) is 84.9 Å². The van der Waals surface area contributed by atoms with Crippen LogP contribution < -0.4 is 16.4 Å². The summed E-state index contributed by atoms with van der Waals surface area (Å²) in [6.07, 6.45) is 0. The first-order valence-corrected chi connectivity index (χ1v) is 10.8. The van der Waals surface area contributed by atoms with Gasteiger partial charge in [-0.15, -0.1) is 0 Å². The van der Waals surface area contributed by atoms with E-state index in [1.165, 1.54) is 12.1 Å². The summed E-state index contributed by atoms with van der Waals surface area (Å²) in [5, 5.41) is 17.1. The Bertz CT molecular complexity index is 1640. The molecule has 0 aromatic heterocycles. The van der Waals surface area contributed by atoms with Gasteiger partial charge in [0.05, 0.1) is 31.2 Å². The van der Waals surface area contributed by atoms with Crippen LogP contribution in [0.1, 0.15) is 0 Å². The minimum atomic E-state index is -0.576. The lowest BCUT2D eigenvalue weighted by molar-refractivity contribution is -0.383. The number of nitrogens with two attached hydrogens (primary N) is 1. The maximum absolute atomic E-state index is 11.1. The molecule has 0 aliphatic carbocycles. The van der Waals surface area contributed by atoms with Crippen molar-refractivity contribution in [3.63, 3.8) is 0 Å². The molecule has 4 aromatic rings. The van der Waals surface area contributed by atoms with Gasteiger partial charge >= 0.3 is 0 Å². The molecule has 0 saturated heterocycles. The highest BCUT2D eigenvalue weighted by molar-refractivity contribution is 5.86. The maximum Gasteiger partial charge on any atom is 0.279 e. The summed E-state index contributed by atoms with van der Waals surface area (Å²) in [7, 11) is 0. The second-order valence-electron chi connectivity index (χ2n) is 7.47. The van der Waals surface area contributed by atoms with Crippen molar-refractivity contribution < 1.29 is 4.92 Å². The summed E-state index contributed by atoms with van der Waals surface area (Å²) in [5.41, 5.74) is 9.12. The van der Waals surface area contributed by atoms with Crippen LogP contribution in [-0.2, 0) is 0 Å². The van der Waals surface area contributed by atoms with Gasteiger partial charge in [-0.25, -0.2) is 4.85 Å². The average Bonchev–Trinajstić information content (AvgIpc) is 2.95. The Morgan fingerprint density at radius 3 is 1.47 bits per heavy atom. The van der Waals surface area contributed by atoms with E-state index in [0.717, 1.165) is 11.8 Å². The molecular weight excluding hydrogens is 480 g/mol. The average molecular weight is 499 g/mol. The van der Waals surface area contributed by atoms with E-state index in [4.69, 9.17) is 32.0 Å². The van der Waals surface area contributed by atoms with Crippen LogP contribution >= 0.6 is 0 Å². The van der Waals surface area contributed by atoms with Gasteiger partial charge in [0.1, 0.15) is 5.69 Å². The lowest BCUT2D eigenvalue weighted by atomic mass is 10.2. The van der Waals surface area contributed by atoms with Crippen LogP contribution in [0.4, 0.5) is 56.9 Å². The molecule has 0 radical (unpaired) electrons. The smallest absolute Gasteiger partial charge is 0.279 e. The van der Waals surface area contributed by atoms with Crippen LogP contribution in [0.3, 0.4) is 0 Å². The highest BCUT2D eigenvalue weighted by Crippen LogP contribution is 2.39. The normalized spacial score (nSPS) is 9.26. The molecule has 0 aliphatic heterocycles. The van der Waals surface area contributed by atoms with Crippen LogP contribution in [0.2, 0.25) is 0 Å². The number of hydrogen-bond donors (Lipinski definition) is 3. The molecular formula is C28H18N8O2. The van der Waals surface area contributed by atoms with Gasteiger partial charge in [-0.3, -0.25) is 24.6 Å². The van der Waals surface area contributed by atoms with E-state index in [0.29, 0.717) is 22.7 Å². The van der Waals surface area contributed by atoms with Gasteiger partial charge in [-0.2, -0.15) is 0 Å². The third kappa shape index (κ3) is 6.40. The molecule has 0 atom stereocenters. The van der Waals surface area contributed by atoms with Crippen LogP contribution in [0, 0.1) is 36.4 Å². The molecule has 4 rings (SSSR count). The topological polar surface area (TPSA) is 111 Å². The van der Waals surface area contributed by atoms with E-state index >= 15 is 0 Å². The maximum atomic E-state index is 11.1. The standard InChI is InChI=1S/C14H8N4O2.C14H10N4/c1-15-11-8-13(17-10-6-4-3-5-7-10)14(18(19)20)9-12(11)16-2;1-16-13-8-11(15)12(9-14(13)17-2)18-10-6-4-3-5-7-10/h3-9,17H;3-9,18H,15H2. The van der Waals surface area contributed by atoms with Crippen LogP contribution in [0.25, 0.3) is 19.4 Å². The molecule has 0 spiro atoms. The Balaban J connectivity index is 0.000000212. The zero-order valence-corrected chi connectivity index (χ0v) is 19.7. The molecule has 38 heavy (non-hydrogen) atoms. The molecule has 182 valence electrons. The van der Waals surface area contributed by atoms with E-state index in [-0.39, 0.29) is 28.4 Å². The predicted molar refractivity (Wildman–Crippen MR) is 148 cm³/mol. The van der Waals surface area contributed by atoms with E-state index in [1.807, 2.05) is 36.4 Å². The van der Waals surface area contributed by atoms with Crippen molar-refractivity contribution in [3.05, 3.63) is 141 Å². The lowest BCUT2D eigenvalue weighted by Crippen LogP contribution is -1.96. The summed E-state index contributed by atoms with van der Waals surface area (Å²) in [6.45, 7) is 28.0. The van der Waals surface area contributed by atoms with Gasteiger partial charge < -0.3 is 16.4 Å².